The first-order chi connectivity index (χ1) is 13.1. The molecule has 136 valence electrons. The lowest BCUT2D eigenvalue weighted by Crippen LogP contribution is -2.18. The van der Waals surface area contributed by atoms with E-state index in [-0.39, 0.29) is 11.1 Å². The number of rotatable bonds is 7. The molecule has 5 nitrogen and oxygen atoms in total. The average molecular weight is 379 g/mol. The van der Waals surface area contributed by atoms with E-state index in [9.17, 15) is 14.7 Å². The number of benzene rings is 3. The maximum absolute atomic E-state index is 11.6. The number of carbonyl (C=O) groups is 2. The highest BCUT2D eigenvalue weighted by molar-refractivity contribution is 7.73. The molecule has 3 aromatic rings. The number of hydrogen-bond acceptors (Lipinski definition) is 3. The maximum atomic E-state index is 11.6. The van der Waals surface area contributed by atoms with Gasteiger partial charge < -0.3 is 15.5 Å². The number of carboxylic acid groups (broad SMARTS) is 2. The number of aromatic carboxylic acids is 2. The average Bonchev–Trinajstić information content (AvgIpc) is 2.69. The van der Waals surface area contributed by atoms with Gasteiger partial charge in [-0.3, -0.25) is 0 Å². The van der Waals surface area contributed by atoms with Gasteiger partial charge in [0, 0.05) is 12.0 Å². The van der Waals surface area contributed by atoms with Crippen molar-refractivity contribution in [3.05, 3.63) is 90.0 Å². The smallest absolute Gasteiger partial charge is 0.337 e. The summed E-state index contributed by atoms with van der Waals surface area (Å²) >= 11 is 0. The third kappa shape index (κ3) is 4.52. The predicted molar refractivity (Wildman–Crippen MR) is 108 cm³/mol. The van der Waals surface area contributed by atoms with E-state index in [1.165, 1.54) is 28.8 Å². The zero-order valence-corrected chi connectivity index (χ0v) is 15.3. The third-order valence-electron chi connectivity index (χ3n) is 4.06. The van der Waals surface area contributed by atoms with Gasteiger partial charge in [0.25, 0.3) is 0 Å². The zero-order chi connectivity index (χ0) is 19.2. The summed E-state index contributed by atoms with van der Waals surface area (Å²) in [5.74, 6) is -2.32. The van der Waals surface area contributed by atoms with Gasteiger partial charge in [-0.15, -0.1) is 0 Å². The van der Waals surface area contributed by atoms with Crippen LogP contribution < -0.4 is 15.9 Å². The van der Waals surface area contributed by atoms with E-state index in [1.54, 1.807) is 0 Å². The zero-order valence-electron chi connectivity index (χ0n) is 14.4. The molecule has 0 atom stereocenters. The Kier molecular flexibility index (Phi) is 5.84. The van der Waals surface area contributed by atoms with Crippen molar-refractivity contribution >= 4 is 36.2 Å². The Hall–Kier alpha value is -3.17. The SMILES string of the molecule is O=C(O)c1ccc(NCP(c2ccccc2)c2ccccc2)c(C(=O)O)c1. The van der Waals surface area contributed by atoms with Crippen molar-refractivity contribution in [3.63, 3.8) is 0 Å². The second-order valence-corrected chi connectivity index (χ2v) is 8.01. The Morgan fingerprint density at radius 3 is 1.81 bits per heavy atom. The van der Waals surface area contributed by atoms with Crippen LogP contribution >= 0.6 is 7.92 Å². The molecule has 0 bridgehead atoms. The van der Waals surface area contributed by atoms with Gasteiger partial charge in [-0.2, -0.15) is 0 Å². The topological polar surface area (TPSA) is 86.6 Å². The Bertz CT molecular complexity index is 905. The van der Waals surface area contributed by atoms with Crippen molar-refractivity contribution in [2.75, 3.05) is 11.6 Å². The Labute approximate surface area is 158 Å². The molecule has 0 heterocycles. The Morgan fingerprint density at radius 1 is 0.778 bits per heavy atom. The summed E-state index contributed by atoms with van der Waals surface area (Å²) in [5.41, 5.74) is 0.309. The summed E-state index contributed by atoms with van der Waals surface area (Å²) in [6.07, 6.45) is 0.538. The van der Waals surface area contributed by atoms with Gasteiger partial charge in [0.2, 0.25) is 0 Å². The van der Waals surface area contributed by atoms with Crippen LogP contribution in [0.4, 0.5) is 5.69 Å². The van der Waals surface area contributed by atoms with Crippen LogP contribution in [0.25, 0.3) is 0 Å². The summed E-state index contributed by atoms with van der Waals surface area (Å²) in [5, 5.41) is 24.1. The minimum absolute atomic E-state index is 0.0497. The van der Waals surface area contributed by atoms with Crippen LogP contribution in [-0.2, 0) is 0 Å². The fourth-order valence-electron chi connectivity index (χ4n) is 2.72. The molecule has 0 aliphatic heterocycles. The molecule has 0 fully saturated rings. The molecule has 27 heavy (non-hydrogen) atoms. The predicted octanol–water partition coefficient (Wildman–Crippen LogP) is 3.59. The third-order valence-corrected chi connectivity index (χ3v) is 6.38. The lowest BCUT2D eigenvalue weighted by molar-refractivity contribution is 0.0696. The number of nitrogens with one attached hydrogen (secondary N) is 1. The molecule has 3 N–H and O–H groups in total. The molecule has 0 aliphatic rings. The van der Waals surface area contributed by atoms with E-state index in [0.29, 0.717) is 12.0 Å². The highest BCUT2D eigenvalue weighted by Gasteiger charge is 2.17. The molecule has 0 saturated carbocycles. The molecule has 0 saturated heterocycles. The van der Waals surface area contributed by atoms with Crippen molar-refractivity contribution in [2.45, 2.75) is 0 Å². The van der Waals surface area contributed by atoms with E-state index < -0.39 is 19.9 Å². The standard InChI is InChI=1S/C21H18NO4P/c23-20(24)15-11-12-19(18(13-15)21(25)26)22-14-27(16-7-3-1-4-8-16)17-9-5-2-6-10-17/h1-13,22H,14H2,(H,23,24)(H,25,26). The van der Waals surface area contributed by atoms with Crippen molar-refractivity contribution in [2.24, 2.45) is 0 Å². The highest BCUT2D eigenvalue weighted by Crippen LogP contribution is 2.34. The molecule has 3 aromatic carbocycles. The first-order valence-electron chi connectivity index (χ1n) is 8.28. The van der Waals surface area contributed by atoms with E-state index in [4.69, 9.17) is 5.11 Å². The monoisotopic (exact) mass is 379 g/mol. The summed E-state index contributed by atoms with van der Waals surface area (Å²) in [4.78, 5) is 22.7. The second-order valence-electron chi connectivity index (χ2n) is 5.80. The first kappa shape index (κ1) is 18.6. The van der Waals surface area contributed by atoms with Gasteiger partial charge in [-0.1, -0.05) is 60.7 Å². The molecular formula is C21H18NO4P. The quantitative estimate of drug-likeness (QED) is 0.546. The fraction of sp³-hybridized carbons (Fsp3) is 0.0476. The molecule has 6 heteroatoms. The maximum Gasteiger partial charge on any atom is 0.337 e. The lowest BCUT2D eigenvalue weighted by Gasteiger charge is -2.20. The molecule has 3 rings (SSSR count). The molecule has 0 unspecified atom stereocenters. The van der Waals surface area contributed by atoms with Crippen LogP contribution in [0.2, 0.25) is 0 Å². The largest absolute Gasteiger partial charge is 0.478 e. The molecule has 0 aliphatic carbocycles. The van der Waals surface area contributed by atoms with Gasteiger partial charge >= 0.3 is 11.9 Å². The van der Waals surface area contributed by atoms with Crippen LogP contribution in [0.5, 0.6) is 0 Å². The van der Waals surface area contributed by atoms with Gasteiger partial charge in [0.1, 0.15) is 0 Å². The first-order valence-corrected chi connectivity index (χ1v) is 9.81. The minimum atomic E-state index is -1.16. The number of anilines is 1. The van der Waals surface area contributed by atoms with Crippen LogP contribution in [0.3, 0.4) is 0 Å². The fourth-order valence-corrected chi connectivity index (χ4v) is 4.78. The normalized spacial score (nSPS) is 10.6. The van der Waals surface area contributed by atoms with Gasteiger partial charge in [-0.25, -0.2) is 9.59 Å². The molecule has 0 amide bonds. The van der Waals surface area contributed by atoms with Crippen LogP contribution in [0.1, 0.15) is 20.7 Å². The Morgan fingerprint density at radius 2 is 1.33 bits per heavy atom. The highest BCUT2D eigenvalue weighted by atomic mass is 31.1. The van der Waals surface area contributed by atoms with E-state index in [1.807, 2.05) is 36.4 Å². The summed E-state index contributed by atoms with van der Waals surface area (Å²) in [6, 6.07) is 24.2. The molecule has 0 radical (unpaired) electrons. The second kappa shape index (κ2) is 8.47. The van der Waals surface area contributed by atoms with Crippen molar-refractivity contribution in [1.29, 1.82) is 0 Å². The van der Waals surface area contributed by atoms with E-state index >= 15 is 0 Å². The summed E-state index contributed by atoms with van der Waals surface area (Å²) in [7, 11) is -0.747. The van der Waals surface area contributed by atoms with Crippen LogP contribution in [0.15, 0.2) is 78.9 Å². The molecular weight excluding hydrogens is 361 g/mol. The lowest BCUT2D eigenvalue weighted by atomic mass is 10.1. The summed E-state index contributed by atoms with van der Waals surface area (Å²) in [6.45, 7) is 0. The van der Waals surface area contributed by atoms with Gasteiger partial charge in [0.05, 0.1) is 11.1 Å². The number of hydrogen-bond donors (Lipinski definition) is 3. The number of carboxylic acids is 2. The van der Waals surface area contributed by atoms with Crippen molar-refractivity contribution < 1.29 is 19.8 Å². The van der Waals surface area contributed by atoms with Crippen molar-refractivity contribution in [3.8, 4) is 0 Å². The Balaban J connectivity index is 1.90. The van der Waals surface area contributed by atoms with Crippen LogP contribution in [0, 0.1) is 0 Å². The van der Waals surface area contributed by atoms with Crippen molar-refractivity contribution in [1.82, 2.24) is 0 Å². The molecule has 0 aromatic heterocycles. The summed E-state index contributed by atoms with van der Waals surface area (Å²) < 4.78 is 0. The van der Waals surface area contributed by atoms with Crippen LogP contribution in [-0.4, -0.2) is 28.4 Å². The minimum Gasteiger partial charge on any atom is -0.478 e. The molecule has 0 spiro atoms. The van der Waals surface area contributed by atoms with E-state index in [0.717, 1.165) is 0 Å². The van der Waals surface area contributed by atoms with Gasteiger partial charge in [-0.05, 0) is 36.7 Å². The van der Waals surface area contributed by atoms with Gasteiger partial charge in [0.15, 0.2) is 0 Å². The van der Waals surface area contributed by atoms with E-state index in [2.05, 4.69) is 29.6 Å².